The first-order chi connectivity index (χ1) is 22.9. The van der Waals surface area contributed by atoms with E-state index in [0.717, 1.165) is 60.5 Å². The van der Waals surface area contributed by atoms with Crippen LogP contribution in [0.25, 0.3) is 23.3 Å². The molecule has 0 fully saturated rings. The summed E-state index contributed by atoms with van der Waals surface area (Å²) in [6.07, 6.45) is -4.23. The number of halogens is 8. The zero-order valence-corrected chi connectivity index (χ0v) is 32.5. The summed E-state index contributed by atoms with van der Waals surface area (Å²) >= 11 is 0.729. The number of rotatable bonds is 4. The minimum atomic E-state index is -4.49. The summed E-state index contributed by atoms with van der Waals surface area (Å²) in [6.45, 7) is 16.5. The van der Waals surface area contributed by atoms with E-state index in [9.17, 15) is 26.3 Å². The molecule has 0 aliphatic heterocycles. The molecule has 0 heterocycles. The van der Waals surface area contributed by atoms with Crippen molar-refractivity contribution in [1.29, 1.82) is 0 Å². The van der Waals surface area contributed by atoms with Gasteiger partial charge in [-0.25, -0.2) is 6.07 Å². The maximum absolute atomic E-state index is 12.7. The van der Waals surface area contributed by atoms with E-state index in [2.05, 4.69) is 89.4 Å². The van der Waals surface area contributed by atoms with Crippen LogP contribution in [0.1, 0.15) is 76.4 Å². The van der Waals surface area contributed by atoms with Gasteiger partial charge in [-0.15, -0.1) is 23.8 Å². The maximum atomic E-state index is 12.7. The molecular weight excluding hydrogens is 781 g/mol. The summed E-state index contributed by atoms with van der Waals surface area (Å²) in [5.74, 6) is 0. The van der Waals surface area contributed by atoms with E-state index in [4.69, 9.17) is 0 Å². The van der Waals surface area contributed by atoms with Gasteiger partial charge in [-0.3, -0.25) is 0 Å². The van der Waals surface area contributed by atoms with E-state index in [1.807, 2.05) is 18.2 Å². The Morgan fingerprint density at radius 2 is 1.25 bits per heavy atom. The van der Waals surface area contributed by atoms with Crippen molar-refractivity contribution < 1.29 is 75.4 Å². The molecule has 1 aliphatic carbocycles. The molecule has 0 bridgehead atoms. The van der Waals surface area contributed by atoms with Crippen LogP contribution >= 0.6 is 0 Å². The first-order valence-corrected chi connectivity index (χ1v) is 16.7. The molecule has 0 saturated heterocycles. The number of benzene rings is 4. The minimum absolute atomic E-state index is 0. The Hall–Kier alpha value is -3.38. The van der Waals surface area contributed by atoms with Gasteiger partial charge in [0.25, 0.3) is 0 Å². The molecule has 266 valence electrons. The monoisotopic (exact) mass is 814 g/mol. The Balaban J connectivity index is 0.000000277. The van der Waals surface area contributed by atoms with Crippen LogP contribution in [-0.4, -0.2) is 3.21 Å². The van der Waals surface area contributed by atoms with E-state index >= 15 is 0 Å². The van der Waals surface area contributed by atoms with Crippen LogP contribution in [0.2, 0.25) is 0 Å². The Morgan fingerprint density at radius 1 is 0.725 bits per heavy atom. The predicted molar refractivity (Wildman–Crippen MR) is 185 cm³/mol. The van der Waals surface area contributed by atoms with Gasteiger partial charge in [0.1, 0.15) is 0 Å². The van der Waals surface area contributed by atoms with Gasteiger partial charge in [-0.05, 0) is 12.0 Å². The molecule has 0 amide bonds. The third-order valence-electron chi connectivity index (χ3n) is 8.04. The zero-order valence-electron chi connectivity index (χ0n) is 28.5. The molecule has 0 N–H and O–H groups in total. The fourth-order valence-corrected chi connectivity index (χ4v) is 6.03. The Bertz CT molecular complexity index is 1860. The van der Waals surface area contributed by atoms with E-state index < -0.39 is 23.5 Å². The SMILES string of the molecule is C=Cc1c[c-]c2c(c1)-c1cc(C=C)ccc1C2.Cc1cc(C(C)(C)C)c[cH-]1.FC(F)(F)c1cccc([C](=[Zr+2])c2cccc(C(F)(F)F)c2)c1.[Cl-].[Cl-]. The summed E-state index contributed by atoms with van der Waals surface area (Å²) in [5, 5.41) is 0. The van der Waals surface area contributed by atoms with Gasteiger partial charge in [0, 0.05) is 0 Å². The first-order valence-electron chi connectivity index (χ1n) is 15.5. The second kappa shape index (κ2) is 17.9. The Morgan fingerprint density at radius 3 is 1.69 bits per heavy atom. The molecular formula is C42H36Cl2F6Zr-2. The average molecular weight is 817 g/mol. The van der Waals surface area contributed by atoms with Crippen LogP contribution in [0.5, 0.6) is 0 Å². The van der Waals surface area contributed by atoms with Gasteiger partial charge in [-0.2, -0.15) is 47.0 Å². The Labute approximate surface area is 323 Å². The van der Waals surface area contributed by atoms with Crippen LogP contribution in [-0.2, 0) is 48.4 Å². The standard InChI is InChI=1S/C17H13.C15H8F6.C10H15.2ClH.Zr/c1-3-12-5-7-14-11-15-8-6-13(4-2)10-17(15)16(14)9-12;16-14(17,18)12-5-1-3-10(8-12)7-11-4-2-6-13(9-11)15(19,20)21;1-8-5-6-9(7-8)10(2,3)4;;;/h3-7,9-10H,1-2,11H2;1-6,8-9H;5-7H,1-4H3;2*1H;/q-1;;-1;;;+2/p-2. The quantitative estimate of drug-likeness (QED) is 0.147. The molecule has 1 aliphatic rings. The summed E-state index contributed by atoms with van der Waals surface area (Å²) in [4.78, 5) is 0. The molecule has 5 aromatic rings. The predicted octanol–water partition coefficient (Wildman–Crippen LogP) is 6.20. The number of hydrogen-bond donors (Lipinski definition) is 0. The molecule has 9 heteroatoms. The van der Waals surface area contributed by atoms with Gasteiger partial charge >= 0.3 is 137 Å². The van der Waals surface area contributed by atoms with E-state index in [1.165, 1.54) is 63.2 Å². The smallest absolute Gasteiger partial charge is 1.00 e. The third kappa shape index (κ3) is 11.6. The summed E-state index contributed by atoms with van der Waals surface area (Å²) < 4.78 is 76.7. The molecule has 0 saturated carbocycles. The van der Waals surface area contributed by atoms with Crippen molar-refractivity contribution in [3.63, 3.8) is 0 Å². The topological polar surface area (TPSA) is 0 Å². The minimum Gasteiger partial charge on any atom is -1.00 e. The number of fused-ring (bicyclic) bond motifs is 3. The van der Waals surface area contributed by atoms with Crippen molar-refractivity contribution in [2.75, 3.05) is 0 Å². The molecule has 0 nitrogen and oxygen atoms in total. The molecule has 5 aromatic carbocycles. The van der Waals surface area contributed by atoms with Gasteiger partial charge in [0.15, 0.2) is 0 Å². The second-order valence-electron chi connectivity index (χ2n) is 12.8. The van der Waals surface area contributed by atoms with Crippen molar-refractivity contribution >= 4 is 15.4 Å². The van der Waals surface area contributed by atoms with Crippen molar-refractivity contribution in [2.45, 2.75) is 51.9 Å². The normalized spacial score (nSPS) is 11.6. The van der Waals surface area contributed by atoms with Gasteiger partial charge in [0.2, 0.25) is 0 Å². The molecule has 0 radical (unpaired) electrons. The van der Waals surface area contributed by atoms with Crippen molar-refractivity contribution in [3.05, 3.63) is 172 Å². The number of aryl methyl sites for hydroxylation is 1. The molecule has 6 rings (SSSR count). The third-order valence-corrected chi connectivity index (χ3v) is 9.46. The Kier molecular flexibility index (Phi) is 15.4. The second-order valence-corrected chi connectivity index (χ2v) is 14.0. The van der Waals surface area contributed by atoms with Gasteiger partial charge in [-0.1, -0.05) is 75.1 Å². The fourth-order valence-electron chi connectivity index (χ4n) is 5.26. The van der Waals surface area contributed by atoms with Crippen molar-refractivity contribution in [2.24, 2.45) is 0 Å². The molecule has 0 spiro atoms. The molecule has 0 atom stereocenters. The van der Waals surface area contributed by atoms with Crippen LogP contribution in [0.3, 0.4) is 0 Å². The zero-order chi connectivity index (χ0) is 36.1. The van der Waals surface area contributed by atoms with Crippen molar-refractivity contribution in [3.8, 4) is 11.1 Å². The fraction of sp³-hybridized carbons (Fsp3) is 0.190. The average Bonchev–Trinajstić information content (AvgIpc) is 3.67. The van der Waals surface area contributed by atoms with E-state index in [0.29, 0.717) is 8.62 Å². The van der Waals surface area contributed by atoms with Crippen molar-refractivity contribution in [1.82, 2.24) is 0 Å². The number of hydrogen-bond acceptors (Lipinski definition) is 0. The van der Waals surface area contributed by atoms with Gasteiger partial charge < -0.3 is 24.8 Å². The van der Waals surface area contributed by atoms with E-state index in [-0.39, 0.29) is 35.9 Å². The summed E-state index contributed by atoms with van der Waals surface area (Å²) in [6, 6.07) is 29.8. The number of alkyl halides is 6. The summed E-state index contributed by atoms with van der Waals surface area (Å²) in [5.41, 5.74) is 9.58. The van der Waals surface area contributed by atoms with Gasteiger partial charge in [0.05, 0.1) is 0 Å². The first kappa shape index (κ1) is 43.8. The maximum Gasteiger partial charge on any atom is -1.00 e. The summed E-state index contributed by atoms with van der Waals surface area (Å²) in [7, 11) is 0. The molecule has 51 heavy (non-hydrogen) atoms. The molecule has 0 aromatic heterocycles. The van der Waals surface area contributed by atoms with Crippen LogP contribution < -0.4 is 24.8 Å². The largest absolute Gasteiger partial charge is 1.00 e. The van der Waals surface area contributed by atoms with Crippen LogP contribution in [0.15, 0.2) is 110 Å². The van der Waals surface area contributed by atoms with Crippen LogP contribution in [0, 0.1) is 13.0 Å². The van der Waals surface area contributed by atoms with E-state index in [1.54, 1.807) is 0 Å². The molecule has 0 unspecified atom stereocenters. The van der Waals surface area contributed by atoms with Crippen LogP contribution in [0.4, 0.5) is 26.3 Å².